The third-order valence-corrected chi connectivity index (χ3v) is 6.35. The maximum absolute atomic E-state index is 6.29. The topological polar surface area (TPSA) is 32.5 Å². The molecule has 2 N–H and O–H groups in total. The van der Waals surface area contributed by atoms with Crippen LogP contribution in [0.1, 0.15) is 51.9 Å². The fraction of sp³-hybridized carbons (Fsp3) is 1.00. The first kappa shape index (κ1) is 13.8. The van der Waals surface area contributed by atoms with Crippen LogP contribution in [0.5, 0.6) is 0 Å². The Morgan fingerprint density at radius 3 is 2.21 bits per heavy atom. The van der Waals surface area contributed by atoms with E-state index in [0.29, 0.717) is 5.54 Å². The molecule has 0 aromatic carbocycles. The highest BCUT2D eigenvalue weighted by atomic mass is 15.3. The van der Waals surface area contributed by atoms with E-state index in [1.165, 1.54) is 58.0 Å². The van der Waals surface area contributed by atoms with E-state index in [2.05, 4.69) is 23.8 Å². The number of piperidine rings is 1. The van der Waals surface area contributed by atoms with E-state index in [4.69, 9.17) is 5.73 Å². The van der Waals surface area contributed by atoms with Crippen molar-refractivity contribution in [2.45, 2.75) is 69.5 Å². The molecule has 2 heterocycles. The minimum absolute atomic E-state index is 0.308. The largest absolute Gasteiger partial charge is 0.329 e. The normalized spacial score (nSPS) is 39.8. The molecule has 0 aromatic heterocycles. The molecule has 1 aliphatic carbocycles. The lowest BCUT2D eigenvalue weighted by molar-refractivity contribution is -0.0113. The van der Waals surface area contributed by atoms with E-state index < -0.39 is 0 Å². The molecule has 0 spiro atoms. The zero-order valence-corrected chi connectivity index (χ0v) is 12.8. The molecular formula is C16H31N3. The lowest BCUT2D eigenvalue weighted by Crippen LogP contribution is -2.62. The smallest absolute Gasteiger partial charge is 0.0361 e. The fourth-order valence-corrected chi connectivity index (χ4v) is 4.74. The van der Waals surface area contributed by atoms with Gasteiger partial charge in [-0.3, -0.25) is 4.90 Å². The number of fused-ring (bicyclic) bond motifs is 2. The molecule has 2 atom stereocenters. The van der Waals surface area contributed by atoms with Crippen molar-refractivity contribution in [2.24, 2.45) is 11.7 Å². The van der Waals surface area contributed by atoms with Crippen molar-refractivity contribution in [1.29, 1.82) is 0 Å². The third-order valence-electron chi connectivity index (χ3n) is 6.35. The molecule has 2 bridgehead atoms. The number of rotatable bonds is 5. The molecule has 19 heavy (non-hydrogen) atoms. The molecule has 3 rings (SSSR count). The van der Waals surface area contributed by atoms with Crippen LogP contribution < -0.4 is 5.73 Å². The van der Waals surface area contributed by atoms with Crippen LogP contribution in [0.3, 0.4) is 0 Å². The molecule has 3 fully saturated rings. The maximum Gasteiger partial charge on any atom is 0.0361 e. The van der Waals surface area contributed by atoms with Crippen LogP contribution >= 0.6 is 0 Å². The van der Waals surface area contributed by atoms with Gasteiger partial charge in [0.1, 0.15) is 0 Å². The van der Waals surface area contributed by atoms with Crippen molar-refractivity contribution in [2.75, 3.05) is 26.7 Å². The van der Waals surface area contributed by atoms with Gasteiger partial charge in [-0.15, -0.1) is 0 Å². The molecule has 2 saturated heterocycles. The van der Waals surface area contributed by atoms with E-state index >= 15 is 0 Å². The summed E-state index contributed by atoms with van der Waals surface area (Å²) in [6.07, 6.45) is 9.74. The Balaban J connectivity index is 1.73. The second kappa shape index (κ2) is 5.34. The highest BCUT2D eigenvalue weighted by Crippen LogP contribution is 2.43. The van der Waals surface area contributed by atoms with Crippen molar-refractivity contribution in [3.05, 3.63) is 0 Å². The average Bonchev–Trinajstić information content (AvgIpc) is 2.61. The standard InChI is InChI=1S/C16H31N3/c1-3-19(11-13-5-4-6-13)16(12-17)9-14-7-8-15(10-16)18(14)2/h13-15H,3-12,17H2,1-2H3. The van der Waals surface area contributed by atoms with Crippen molar-refractivity contribution >= 4 is 0 Å². The molecule has 3 aliphatic rings. The SMILES string of the molecule is CCN(CC1CCC1)C1(CN)CC2CCC(C1)N2C. The van der Waals surface area contributed by atoms with E-state index in [-0.39, 0.29) is 0 Å². The highest BCUT2D eigenvalue weighted by molar-refractivity contribution is 5.06. The summed E-state index contributed by atoms with van der Waals surface area (Å²) in [5, 5.41) is 0. The molecule has 3 nitrogen and oxygen atoms in total. The van der Waals surface area contributed by atoms with Crippen molar-refractivity contribution in [3.8, 4) is 0 Å². The molecule has 1 saturated carbocycles. The van der Waals surface area contributed by atoms with Crippen molar-refractivity contribution in [1.82, 2.24) is 9.80 Å². The van der Waals surface area contributed by atoms with Crippen molar-refractivity contribution in [3.63, 3.8) is 0 Å². The molecule has 3 heteroatoms. The van der Waals surface area contributed by atoms with Gasteiger partial charge in [-0.25, -0.2) is 0 Å². The number of nitrogens with two attached hydrogens (primary N) is 1. The van der Waals surface area contributed by atoms with Crippen LogP contribution in [-0.4, -0.2) is 54.1 Å². The summed E-state index contributed by atoms with van der Waals surface area (Å²) < 4.78 is 0. The summed E-state index contributed by atoms with van der Waals surface area (Å²) in [5.41, 5.74) is 6.60. The van der Waals surface area contributed by atoms with E-state index in [9.17, 15) is 0 Å². The molecule has 0 aromatic rings. The van der Waals surface area contributed by atoms with Gasteiger partial charge in [0.05, 0.1) is 0 Å². The third kappa shape index (κ3) is 2.34. The summed E-state index contributed by atoms with van der Waals surface area (Å²) >= 11 is 0. The Morgan fingerprint density at radius 1 is 1.16 bits per heavy atom. The predicted octanol–water partition coefficient (Wildman–Crippen LogP) is 2.06. The summed E-state index contributed by atoms with van der Waals surface area (Å²) in [7, 11) is 2.32. The van der Waals surface area contributed by atoms with E-state index in [0.717, 1.165) is 24.5 Å². The van der Waals surface area contributed by atoms with Gasteiger partial charge in [0.25, 0.3) is 0 Å². The van der Waals surface area contributed by atoms with E-state index in [1.807, 2.05) is 0 Å². The lowest BCUT2D eigenvalue weighted by atomic mass is 9.78. The summed E-state index contributed by atoms with van der Waals surface area (Å²) in [6, 6.07) is 1.58. The van der Waals surface area contributed by atoms with Gasteiger partial charge in [-0.1, -0.05) is 13.3 Å². The Hall–Kier alpha value is -0.120. The molecule has 0 radical (unpaired) electrons. The van der Waals surface area contributed by atoms with Gasteiger partial charge < -0.3 is 10.6 Å². The van der Waals surface area contributed by atoms with Gasteiger partial charge in [0, 0.05) is 30.7 Å². The Morgan fingerprint density at radius 2 is 1.79 bits per heavy atom. The number of likely N-dealkylation sites (N-methyl/N-ethyl adjacent to an activating group) is 1. The maximum atomic E-state index is 6.29. The van der Waals surface area contributed by atoms with Crippen LogP contribution in [0.25, 0.3) is 0 Å². The quantitative estimate of drug-likeness (QED) is 0.826. The summed E-state index contributed by atoms with van der Waals surface area (Å²) in [5.74, 6) is 0.959. The first-order chi connectivity index (χ1) is 9.18. The summed E-state index contributed by atoms with van der Waals surface area (Å²) in [4.78, 5) is 5.39. The number of hydrogen-bond acceptors (Lipinski definition) is 3. The molecular weight excluding hydrogens is 234 g/mol. The minimum Gasteiger partial charge on any atom is -0.329 e. The average molecular weight is 265 g/mol. The Labute approximate surface area is 118 Å². The molecule has 110 valence electrons. The molecule has 0 amide bonds. The highest BCUT2D eigenvalue weighted by Gasteiger charge is 2.49. The zero-order valence-electron chi connectivity index (χ0n) is 12.8. The van der Waals surface area contributed by atoms with Gasteiger partial charge >= 0.3 is 0 Å². The Kier molecular flexibility index (Phi) is 3.89. The van der Waals surface area contributed by atoms with Crippen LogP contribution in [-0.2, 0) is 0 Å². The van der Waals surface area contributed by atoms with E-state index in [1.54, 1.807) is 0 Å². The number of hydrogen-bond donors (Lipinski definition) is 1. The monoisotopic (exact) mass is 265 g/mol. The Bertz CT molecular complexity index is 299. The van der Waals surface area contributed by atoms with Crippen LogP contribution in [0, 0.1) is 5.92 Å². The molecule has 2 unspecified atom stereocenters. The molecule has 2 aliphatic heterocycles. The number of nitrogens with zero attached hydrogens (tertiary/aromatic N) is 2. The predicted molar refractivity (Wildman–Crippen MR) is 80.2 cm³/mol. The van der Waals surface area contributed by atoms with Gasteiger partial charge in [-0.2, -0.15) is 0 Å². The first-order valence-electron chi connectivity index (χ1n) is 8.35. The second-order valence-electron chi connectivity index (χ2n) is 7.22. The van der Waals surface area contributed by atoms with Crippen LogP contribution in [0.15, 0.2) is 0 Å². The van der Waals surface area contributed by atoms with Crippen molar-refractivity contribution < 1.29 is 0 Å². The second-order valence-corrected chi connectivity index (χ2v) is 7.22. The lowest BCUT2D eigenvalue weighted by Gasteiger charge is -2.52. The zero-order chi connectivity index (χ0) is 13.5. The van der Waals surface area contributed by atoms with Crippen LogP contribution in [0.4, 0.5) is 0 Å². The van der Waals surface area contributed by atoms with Gasteiger partial charge in [-0.05, 0) is 58.0 Å². The minimum atomic E-state index is 0.308. The van der Waals surface area contributed by atoms with Gasteiger partial charge in [0.15, 0.2) is 0 Å². The fourth-order valence-electron chi connectivity index (χ4n) is 4.74. The van der Waals surface area contributed by atoms with Gasteiger partial charge in [0.2, 0.25) is 0 Å². The summed E-state index contributed by atoms with van der Waals surface area (Å²) in [6.45, 7) is 5.67. The van der Waals surface area contributed by atoms with Crippen LogP contribution in [0.2, 0.25) is 0 Å². The first-order valence-corrected chi connectivity index (χ1v) is 8.35.